The van der Waals surface area contributed by atoms with Gasteiger partial charge in [0.25, 0.3) is 11.8 Å². The van der Waals surface area contributed by atoms with E-state index in [1.165, 1.54) is 0 Å². The lowest BCUT2D eigenvalue weighted by molar-refractivity contribution is -0.120. The second-order valence-corrected chi connectivity index (χ2v) is 7.66. The average Bonchev–Trinajstić information content (AvgIpc) is 3.15. The molecule has 2 aliphatic rings. The Labute approximate surface area is 179 Å². The molecule has 0 spiro atoms. The molecule has 31 heavy (non-hydrogen) atoms. The van der Waals surface area contributed by atoms with Crippen LogP contribution in [-0.2, 0) is 11.2 Å². The van der Waals surface area contributed by atoms with E-state index in [0.29, 0.717) is 35.6 Å². The Morgan fingerprint density at radius 1 is 1.00 bits per heavy atom. The third-order valence-corrected chi connectivity index (χ3v) is 5.59. The van der Waals surface area contributed by atoms with Gasteiger partial charge in [-0.1, -0.05) is 30.3 Å². The maximum atomic E-state index is 13.4. The molecule has 2 amide bonds. The highest BCUT2D eigenvalue weighted by molar-refractivity contribution is 6.21. The summed E-state index contributed by atoms with van der Waals surface area (Å²) < 4.78 is 0. The zero-order chi connectivity index (χ0) is 21.5. The van der Waals surface area contributed by atoms with Crippen LogP contribution >= 0.6 is 0 Å². The number of rotatable bonds is 3. The number of hydrogen-bond acceptors (Lipinski definition) is 5. The number of anilines is 3. The second-order valence-electron chi connectivity index (χ2n) is 7.66. The molecule has 1 atom stereocenters. The summed E-state index contributed by atoms with van der Waals surface area (Å²) in [6, 6.07) is 19.9. The van der Waals surface area contributed by atoms with Crippen molar-refractivity contribution in [2.24, 2.45) is 4.99 Å². The Morgan fingerprint density at radius 3 is 2.48 bits per heavy atom. The van der Waals surface area contributed by atoms with Crippen LogP contribution in [0.4, 0.5) is 17.1 Å². The molecule has 0 saturated heterocycles. The summed E-state index contributed by atoms with van der Waals surface area (Å²) in [6.07, 6.45) is -0.348. The summed E-state index contributed by atoms with van der Waals surface area (Å²) in [5, 5.41) is 2.79. The van der Waals surface area contributed by atoms with E-state index in [-0.39, 0.29) is 11.8 Å². The Bertz CT molecular complexity index is 1220. The smallest absolute Gasteiger partial charge is 0.272 e. The van der Waals surface area contributed by atoms with Crippen LogP contribution in [0.1, 0.15) is 27.0 Å². The van der Waals surface area contributed by atoms with Gasteiger partial charge in [0.1, 0.15) is 0 Å². The zero-order valence-corrected chi connectivity index (χ0v) is 16.7. The average molecular weight is 411 g/mol. The van der Waals surface area contributed by atoms with E-state index in [9.17, 15) is 9.59 Å². The van der Waals surface area contributed by atoms with Crippen molar-refractivity contribution >= 4 is 34.6 Å². The fraction of sp³-hybridized carbons (Fsp3) is 0.125. The van der Waals surface area contributed by atoms with Crippen molar-refractivity contribution in [2.45, 2.75) is 12.6 Å². The quantitative estimate of drug-likeness (QED) is 0.574. The number of nitrogens with two attached hydrogens (primary N) is 2. The van der Waals surface area contributed by atoms with Crippen LogP contribution in [0.25, 0.3) is 0 Å². The maximum absolute atomic E-state index is 13.4. The van der Waals surface area contributed by atoms with Crippen LogP contribution in [0.15, 0.2) is 71.7 Å². The van der Waals surface area contributed by atoms with Gasteiger partial charge < -0.3 is 21.7 Å². The Balaban J connectivity index is 1.61. The number of nitrogens with one attached hydrogen (secondary N) is 1. The topological polar surface area (TPSA) is 114 Å². The van der Waals surface area contributed by atoms with Crippen LogP contribution < -0.4 is 21.7 Å². The molecule has 0 aromatic heterocycles. The maximum Gasteiger partial charge on any atom is 0.272 e. The predicted molar refractivity (Wildman–Crippen MR) is 121 cm³/mol. The fourth-order valence-electron chi connectivity index (χ4n) is 4.14. The molecule has 0 fully saturated rings. The summed E-state index contributed by atoms with van der Waals surface area (Å²) in [5.41, 5.74) is 17.6. The molecular weight excluding hydrogens is 390 g/mol. The first kappa shape index (κ1) is 18.9. The van der Waals surface area contributed by atoms with Crippen molar-refractivity contribution in [3.05, 3.63) is 89.0 Å². The first-order chi connectivity index (χ1) is 15.0. The largest absolute Gasteiger partial charge is 0.399 e. The van der Waals surface area contributed by atoms with Gasteiger partial charge in [-0.2, -0.15) is 0 Å². The molecule has 2 aliphatic heterocycles. The minimum absolute atomic E-state index is 0.264. The van der Waals surface area contributed by atoms with Gasteiger partial charge in [-0.05, 0) is 48.4 Å². The molecule has 3 aromatic rings. The number of amides is 2. The molecule has 0 bridgehead atoms. The van der Waals surface area contributed by atoms with Crippen molar-refractivity contribution in [2.75, 3.05) is 22.9 Å². The van der Waals surface area contributed by atoms with Crippen LogP contribution in [0.2, 0.25) is 0 Å². The van der Waals surface area contributed by atoms with Gasteiger partial charge in [-0.3, -0.25) is 9.59 Å². The zero-order valence-electron chi connectivity index (χ0n) is 16.7. The SMILES string of the molecule is Nc1ccc(C(=O)N[C@@H]2N=C(c3ccccc3)c3cc(N)cc4c3N(CC4)C2=O)cc1. The molecule has 0 aliphatic carbocycles. The van der Waals surface area contributed by atoms with Crippen molar-refractivity contribution < 1.29 is 9.59 Å². The van der Waals surface area contributed by atoms with E-state index in [1.807, 2.05) is 42.5 Å². The van der Waals surface area contributed by atoms with Crippen LogP contribution in [0.5, 0.6) is 0 Å². The molecule has 154 valence electrons. The third kappa shape index (κ3) is 3.30. The monoisotopic (exact) mass is 411 g/mol. The molecule has 2 heterocycles. The molecular formula is C24H21N5O2. The predicted octanol–water partition coefficient (Wildman–Crippen LogP) is 2.35. The lowest BCUT2D eigenvalue weighted by Crippen LogP contribution is -2.46. The van der Waals surface area contributed by atoms with E-state index in [1.54, 1.807) is 29.2 Å². The molecule has 0 unspecified atom stereocenters. The van der Waals surface area contributed by atoms with Crippen molar-refractivity contribution in [3.8, 4) is 0 Å². The van der Waals surface area contributed by atoms with E-state index in [4.69, 9.17) is 16.5 Å². The molecule has 7 heteroatoms. The van der Waals surface area contributed by atoms with Crippen molar-refractivity contribution in [3.63, 3.8) is 0 Å². The number of hydrogen-bond donors (Lipinski definition) is 3. The fourth-order valence-corrected chi connectivity index (χ4v) is 4.14. The number of benzene rings is 3. The van der Waals surface area contributed by atoms with Crippen molar-refractivity contribution in [1.82, 2.24) is 5.32 Å². The van der Waals surface area contributed by atoms with Crippen molar-refractivity contribution in [1.29, 1.82) is 0 Å². The highest BCUT2D eigenvalue weighted by Gasteiger charge is 2.37. The van der Waals surface area contributed by atoms with Crippen LogP contribution in [0.3, 0.4) is 0 Å². The normalized spacial score (nSPS) is 17.0. The standard InChI is InChI=1S/C24H21N5O2/c25-17-8-6-15(7-9-17)23(30)28-22-24(31)29-11-10-16-12-18(26)13-19(21(16)29)20(27-22)14-4-2-1-3-5-14/h1-9,12-13,22H,10-11,25-26H2,(H,28,30)/t22-/m0/s1. The molecule has 0 radical (unpaired) electrons. The summed E-state index contributed by atoms with van der Waals surface area (Å²) in [6.45, 7) is 0.524. The van der Waals surface area contributed by atoms with Gasteiger partial charge in [-0.15, -0.1) is 0 Å². The summed E-state index contributed by atoms with van der Waals surface area (Å²) in [4.78, 5) is 32.7. The number of aliphatic imine (C=N–C) groups is 1. The number of carbonyl (C=O) groups excluding carboxylic acids is 2. The molecule has 5 rings (SSSR count). The molecule has 0 saturated carbocycles. The van der Waals surface area contributed by atoms with E-state index in [0.717, 1.165) is 22.4 Å². The van der Waals surface area contributed by atoms with Crippen LogP contribution in [-0.4, -0.2) is 30.2 Å². The number of nitrogen functional groups attached to an aromatic ring is 2. The summed E-state index contributed by atoms with van der Waals surface area (Å²) in [5.74, 6) is -0.654. The van der Waals surface area contributed by atoms with Gasteiger partial charge in [0, 0.05) is 34.6 Å². The first-order valence-corrected chi connectivity index (χ1v) is 10.0. The van der Waals surface area contributed by atoms with E-state index in [2.05, 4.69) is 5.32 Å². The minimum atomic E-state index is -1.06. The highest BCUT2D eigenvalue weighted by Crippen LogP contribution is 2.37. The van der Waals surface area contributed by atoms with E-state index < -0.39 is 6.17 Å². The second kappa shape index (κ2) is 7.28. The van der Waals surface area contributed by atoms with Crippen LogP contribution in [0, 0.1) is 0 Å². The summed E-state index contributed by atoms with van der Waals surface area (Å²) >= 11 is 0. The van der Waals surface area contributed by atoms with Gasteiger partial charge in [0.05, 0.1) is 11.4 Å². The highest BCUT2D eigenvalue weighted by atomic mass is 16.2. The minimum Gasteiger partial charge on any atom is -0.399 e. The number of nitrogens with zero attached hydrogens (tertiary/aromatic N) is 2. The lowest BCUT2D eigenvalue weighted by atomic mass is 9.97. The summed E-state index contributed by atoms with van der Waals surface area (Å²) in [7, 11) is 0. The Kier molecular flexibility index (Phi) is 4.43. The molecule has 7 nitrogen and oxygen atoms in total. The molecule has 3 aromatic carbocycles. The number of carbonyl (C=O) groups is 2. The first-order valence-electron chi connectivity index (χ1n) is 10.0. The molecule has 5 N–H and O–H groups in total. The van der Waals surface area contributed by atoms with E-state index >= 15 is 0 Å². The lowest BCUT2D eigenvalue weighted by Gasteiger charge is -2.21. The van der Waals surface area contributed by atoms with Gasteiger partial charge >= 0.3 is 0 Å². The Hall–Kier alpha value is -4.13. The van der Waals surface area contributed by atoms with Gasteiger partial charge in [-0.25, -0.2) is 4.99 Å². The third-order valence-electron chi connectivity index (χ3n) is 5.59. The Morgan fingerprint density at radius 2 is 1.74 bits per heavy atom. The van der Waals surface area contributed by atoms with Gasteiger partial charge in [0.15, 0.2) is 0 Å². The van der Waals surface area contributed by atoms with Gasteiger partial charge in [0.2, 0.25) is 6.17 Å².